The fourth-order valence-electron chi connectivity index (χ4n) is 1.87. The second kappa shape index (κ2) is 5.39. The van der Waals surface area contributed by atoms with Gasteiger partial charge in [0.05, 0.1) is 5.41 Å². The lowest BCUT2D eigenvalue weighted by Gasteiger charge is -2.37. The van der Waals surface area contributed by atoms with E-state index in [0.29, 0.717) is 5.56 Å². The minimum atomic E-state index is -9.74. The molecule has 0 aliphatic carbocycles. The molecule has 0 unspecified atom stereocenters. The fourth-order valence-corrected chi connectivity index (χ4v) is 2.80. The van der Waals surface area contributed by atoms with Gasteiger partial charge < -0.3 is 0 Å². The molecule has 0 atom stereocenters. The van der Waals surface area contributed by atoms with Crippen molar-refractivity contribution in [2.24, 2.45) is 0 Å². The maximum atomic E-state index is 12.9. The van der Waals surface area contributed by atoms with Gasteiger partial charge in [-0.1, -0.05) is 91.7 Å². The zero-order valence-electron chi connectivity index (χ0n) is 11.6. The first-order valence-electron chi connectivity index (χ1n) is 6.38. The minimum absolute atomic E-state index is 0.00479. The molecule has 0 radical (unpaired) electrons. The quantitative estimate of drug-likeness (QED) is 0.386. The molecule has 0 N–H and O–H groups in total. The van der Waals surface area contributed by atoms with E-state index in [1.807, 2.05) is 0 Å². The molecule has 23 heavy (non-hydrogen) atoms. The summed E-state index contributed by atoms with van der Waals surface area (Å²) >= 11 is 5.99. The van der Waals surface area contributed by atoms with Crippen molar-refractivity contribution in [3.05, 3.63) is 83.3 Å². The van der Waals surface area contributed by atoms with Crippen LogP contribution in [0.2, 0.25) is 0 Å². The molecule has 0 spiro atoms. The molecule has 0 heterocycles. The molecule has 0 aromatic heterocycles. The van der Waals surface area contributed by atoms with Gasteiger partial charge in [-0.3, -0.25) is 0 Å². The van der Waals surface area contributed by atoms with Crippen LogP contribution in [0, 0.1) is 0 Å². The second-order valence-electron chi connectivity index (χ2n) is 4.83. The third-order valence-corrected chi connectivity index (χ3v) is 3.82. The van der Waals surface area contributed by atoms with Crippen molar-refractivity contribution in [1.82, 2.24) is 0 Å². The van der Waals surface area contributed by atoms with Crippen LogP contribution in [-0.4, -0.2) is 0 Å². The van der Waals surface area contributed by atoms with Gasteiger partial charge in [-0.25, -0.2) is 0 Å². The highest BCUT2D eigenvalue weighted by Crippen LogP contribution is 2.99. The molecule has 7 heteroatoms. The first-order chi connectivity index (χ1) is 10.4. The van der Waals surface area contributed by atoms with E-state index in [-0.39, 0.29) is 10.6 Å². The number of halogens is 6. The van der Waals surface area contributed by atoms with Crippen LogP contribution in [0.15, 0.2) is 72.1 Å². The number of hydrogen-bond acceptors (Lipinski definition) is 0. The van der Waals surface area contributed by atoms with Crippen molar-refractivity contribution in [2.75, 3.05) is 0 Å². The minimum Gasteiger partial charge on any atom is -0.0941 e. The summed E-state index contributed by atoms with van der Waals surface area (Å²) in [6.45, 7) is 0. The molecule has 0 aliphatic rings. The molecule has 2 rings (SSSR count). The van der Waals surface area contributed by atoms with Crippen molar-refractivity contribution in [2.45, 2.75) is 0 Å². The molecule has 0 saturated heterocycles. The Morgan fingerprint density at radius 1 is 0.739 bits per heavy atom. The highest BCUT2D eigenvalue weighted by Gasteiger charge is 2.61. The van der Waals surface area contributed by atoms with E-state index in [1.165, 1.54) is 24.3 Å². The standard InChI is InChI=1S/C16H12ClF5S/c17-16(14-9-5-2-6-10-14)11-15(12-23(18,19,20,21)22)13-7-3-1-4-8-13/h1-12H. The van der Waals surface area contributed by atoms with Crippen molar-refractivity contribution in [1.29, 1.82) is 0 Å². The lowest BCUT2D eigenvalue weighted by molar-refractivity contribution is 0.385. The summed E-state index contributed by atoms with van der Waals surface area (Å²) in [5.74, 6) is 0. The topological polar surface area (TPSA) is 0 Å². The van der Waals surface area contributed by atoms with E-state index >= 15 is 0 Å². The van der Waals surface area contributed by atoms with Crippen LogP contribution in [0.25, 0.3) is 10.6 Å². The Balaban J connectivity index is 2.59. The smallest absolute Gasteiger partial charge is 0.0941 e. The molecule has 124 valence electrons. The van der Waals surface area contributed by atoms with Crippen molar-refractivity contribution < 1.29 is 19.4 Å². The van der Waals surface area contributed by atoms with Gasteiger partial charge in [0.25, 0.3) is 0 Å². The maximum Gasteiger partial charge on any atom is 0.304 e. The summed E-state index contributed by atoms with van der Waals surface area (Å²) in [6, 6.07) is 15.2. The van der Waals surface area contributed by atoms with Gasteiger partial charge in [0.1, 0.15) is 0 Å². The summed E-state index contributed by atoms with van der Waals surface area (Å²) in [7, 11) is -9.74. The van der Waals surface area contributed by atoms with Crippen molar-refractivity contribution in [3.8, 4) is 0 Å². The maximum absolute atomic E-state index is 12.9. The molecule has 2 aromatic rings. The molecular formula is C16H12ClF5S. The zero-order chi connectivity index (χ0) is 17.2. The number of allylic oxidation sites excluding steroid dienone is 2. The van der Waals surface area contributed by atoms with Crippen molar-refractivity contribution in [3.63, 3.8) is 0 Å². The van der Waals surface area contributed by atoms with Gasteiger partial charge >= 0.3 is 10.2 Å². The van der Waals surface area contributed by atoms with Gasteiger partial charge in [-0.2, -0.15) is 0 Å². The molecule has 0 bridgehead atoms. The van der Waals surface area contributed by atoms with Crippen LogP contribution in [0.3, 0.4) is 0 Å². The van der Waals surface area contributed by atoms with Crippen molar-refractivity contribution >= 4 is 32.4 Å². The van der Waals surface area contributed by atoms with Crippen LogP contribution in [0.5, 0.6) is 0 Å². The molecule has 0 fully saturated rings. The fraction of sp³-hybridized carbons (Fsp3) is 0. The Labute approximate surface area is 135 Å². The van der Waals surface area contributed by atoms with Crippen LogP contribution in [0.1, 0.15) is 11.1 Å². The third kappa shape index (κ3) is 6.08. The predicted octanol–water partition coefficient (Wildman–Crippen LogP) is 7.61. The van der Waals surface area contributed by atoms with E-state index < -0.39 is 21.2 Å². The van der Waals surface area contributed by atoms with Crippen LogP contribution in [0.4, 0.5) is 19.4 Å². The summed E-state index contributed by atoms with van der Waals surface area (Å²) in [5, 5.41) is -0.983. The van der Waals surface area contributed by atoms with Gasteiger partial charge in [0, 0.05) is 5.03 Å². The van der Waals surface area contributed by atoms with E-state index in [0.717, 1.165) is 6.08 Å². The van der Waals surface area contributed by atoms with Crippen LogP contribution in [-0.2, 0) is 0 Å². The Morgan fingerprint density at radius 2 is 1.17 bits per heavy atom. The first-order valence-corrected chi connectivity index (χ1v) is 8.78. The summed E-state index contributed by atoms with van der Waals surface area (Å²) in [6.07, 6.45) is 0.893. The SMILES string of the molecule is FS(F)(F)(F)(F)C=C(C=C(Cl)c1ccccc1)c1ccccc1. The Morgan fingerprint density at radius 3 is 1.61 bits per heavy atom. The van der Waals surface area contributed by atoms with E-state index in [4.69, 9.17) is 11.6 Å². The van der Waals surface area contributed by atoms with Gasteiger partial charge in [0.15, 0.2) is 0 Å². The zero-order valence-corrected chi connectivity index (χ0v) is 13.2. The van der Waals surface area contributed by atoms with Crippen LogP contribution < -0.4 is 0 Å². The molecule has 2 aromatic carbocycles. The molecule has 0 saturated carbocycles. The first kappa shape index (κ1) is 17.6. The summed E-state index contributed by atoms with van der Waals surface area (Å²) in [5.41, 5.74) is -0.272. The second-order valence-corrected chi connectivity index (χ2v) is 7.53. The Hall–Kier alpha value is -1.79. The molecule has 0 aliphatic heterocycles. The van der Waals surface area contributed by atoms with Crippen LogP contribution >= 0.6 is 21.8 Å². The average molecular weight is 367 g/mol. The lowest BCUT2D eigenvalue weighted by Crippen LogP contribution is -2.01. The predicted molar refractivity (Wildman–Crippen MR) is 87.8 cm³/mol. The summed E-state index contributed by atoms with van der Waals surface area (Å²) < 4.78 is 64.3. The largest absolute Gasteiger partial charge is 0.304 e. The highest BCUT2D eigenvalue weighted by molar-refractivity contribution is 8.48. The molecule has 0 nitrogen and oxygen atoms in total. The molecular weight excluding hydrogens is 355 g/mol. The van der Waals surface area contributed by atoms with E-state index in [1.54, 1.807) is 36.4 Å². The third-order valence-electron chi connectivity index (χ3n) is 2.79. The monoisotopic (exact) mass is 366 g/mol. The Bertz CT molecular complexity index is 750. The van der Waals surface area contributed by atoms with E-state index in [9.17, 15) is 19.4 Å². The highest BCUT2D eigenvalue weighted by atomic mass is 35.5. The Kier molecular flexibility index (Phi) is 4.11. The average Bonchev–Trinajstić information content (AvgIpc) is 2.45. The molecule has 0 amide bonds. The van der Waals surface area contributed by atoms with Gasteiger partial charge in [-0.05, 0) is 22.8 Å². The number of benzene rings is 2. The summed E-state index contributed by atoms with van der Waals surface area (Å²) in [4.78, 5) is 0. The lowest BCUT2D eigenvalue weighted by atomic mass is 10.1. The van der Waals surface area contributed by atoms with Gasteiger partial charge in [0.2, 0.25) is 0 Å². The number of hydrogen-bond donors (Lipinski definition) is 0. The van der Waals surface area contributed by atoms with E-state index in [2.05, 4.69) is 0 Å². The van der Waals surface area contributed by atoms with Gasteiger partial charge in [-0.15, -0.1) is 0 Å². The number of rotatable bonds is 4. The normalized spacial score (nSPS) is 16.6.